The Labute approximate surface area is 213 Å². The molecular weight excluding hydrogens is 540 g/mol. The number of hydrogen-bond acceptors (Lipinski definition) is 5. The summed E-state index contributed by atoms with van der Waals surface area (Å²) >= 11 is 10.9. The Bertz CT molecular complexity index is 1360. The van der Waals surface area contributed by atoms with E-state index in [4.69, 9.17) is 21.4 Å². The highest BCUT2D eigenvalue weighted by molar-refractivity contribution is 9.10. The van der Waals surface area contributed by atoms with Crippen molar-refractivity contribution in [1.82, 2.24) is 5.32 Å². The molecule has 1 amide bonds. The number of amides is 1. The first kappa shape index (κ1) is 24.1. The number of nitrogens with zero attached hydrogens (tertiary/aromatic N) is 1. The number of benzene rings is 3. The molecule has 172 valence electrons. The Kier molecular flexibility index (Phi) is 7.41. The van der Waals surface area contributed by atoms with Crippen LogP contribution in [0.25, 0.3) is 6.08 Å². The van der Waals surface area contributed by atoms with E-state index in [-0.39, 0.29) is 18.1 Å². The first-order valence-electron chi connectivity index (χ1n) is 10.1. The minimum atomic E-state index is -0.981. The quantitative estimate of drug-likeness (QED) is 0.334. The van der Waals surface area contributed by atoms with Gasteiger partial charge in [-0.2, -0.15) is 0 Å². The van der Waals surface area contributed by atoms with Gasteiger partial charge in [0.2, 0.25) is 0 Å². The normalized spacial score (nSPS) is 15.6. The lowest BCUT2D eigenvalue weighted by Gasteiger charge is -2.09. The third-order valence-electron chi connectivity index (χ3n) is 4.93. The van der Waals surface area contributed by atoms with Gasteiger partial charge in [0.05, 0.1) is 20.6 Å². The Morgan fingerprint density at radius 1 is 1.21 bits per heavy atom. The molecule has 0 unspecified atom stereocenters. The minimum absolute atomic E-state index is 0.211. The molecule has 0 bridgehead atoms. The molecule has 34 heavy (non-hydrogen) atoms. The van der Waals surface area contributed by atoms with E-state index in [2.05, 4.69) is 26.2 Å². The van der Waals surface area contributed by atoms with Crippen LogP contribution < -0.4 is 10.1 Å². The van der Waals surface area contributed by atoms with Gasteiger partial charge in [0.1, 0.15) is 12.4 Å². The molecule has 4 rings (SSSR count). The smallest absolute Gasteiger partial charge is 0.335 e. The molecule has 1 aliphatic heterocycles. The largest absolute Gasteiger partial charge is 0.488 e. The van der Waals surface area contributed by atoms with Gasteiger partial charge < -0.3 is 15.2 Å². The van der Waals surface area contributed by atoms with Crippen molar-refractivity contribution in [3.8, 4) is 5.75 Å². The zero-order chi connectivity index (χ0) is 24.2. The Morgan fingerprint density at radius 2 is 2.00 bits per heavy atom. The van der Waals surface area contributed by atoms with Crippen molar-refractivity contribution in [2.24, 2.45) is 4.99 Å². The minimum Gasteiger partial charge on any atom is -0.488 e. The number of carbonyl (C=O) groups excluding carboxylic acids is 1. The van der Waals surface area contributed by atoms with Crippen LogP contribution in [0.15, 0.2) is 75.0 Å². The van der Waals surface area contributed by atoms with Gasteiger partial charge in [-0.1, -0.05) is 35.9 Å². The van der Waals surface area contributed by atoms with Crippen LogP contribution >= 0.6 is 39.3 Å². The molecular formula is C25H18BrClN2O4S. The van der Waals surface area contributed by atoms with Gasteiger partial charge >= 0.3 is 5.97 Å². The van der Waals surface area contributed by atoms with E-state index in [1.165, 1.54) is 17.8 Å². The number of hydrogen-bond donors (Lipinski definition) is 2. The maximum atomic E-state index is 12.4. The van der Waals surface area contributed by atoms with Gasteiger partial charge in [0.15, 0.2) is 5.17 Å². The van der Waals surface area contributed by atoms with E-state index in [1.807, 2.05) is 31.2 Å². The third kappa shape index (κ3) is 5.70. The van der Waals surface area contributed by atoms with Gasteiger partial charge in [-0.3, -0.25) is 4.79 Å². The lowest BCUT2D eigenvalue weighted by molar-refractivity contribution is -0.115. The molecule has 9 heteroatoms. The highest BCUT2D eigenvalue weighted by atomic mass is 79.9. The second-order valence-electron chi connectivity index (χ2n) is 7.35. The van der Waals surface area contributed by atoms with E-state index in [0.717, 1.165) is 16.7 Å². The molecule has 1 fully saturated rings. The lowest BCUT2D eigenvalue weighted by Crippen LogP contribution is -2.19. The van der Waals surface area contributed by atoms with Crippen molar-refractivity contribution in [2.45, 2.75) is 13.5 Å². The number of aromatic carboxylic acids is 1. The number of carboxylic acid groups (broad SMARTS) is 1. The number of thioether (sulfide) groups is 1. The topological polar surface area (TPSA) is 88.0 Å². The summed E-state index contributed by atoms with van der Waals surface area (Å²) in [6.07, 6.45) is 1.78. The first-order valence-corrected chi connectivity index (χ1v) is 12.1. The Hall–Kier alpha value is -3.07. The summed E-state index contributed by atoms with van der Waals surface area (Å²) in [7, 11) is 0. The van der Waals surface area contributed by atoms with Gasteiger partial charge in [-0.25, -0.2) is 9.79 Å². The van der Waals surface area contributed by atoms with Crippen LogP contribution in [0.5, 0.6) is 5.75 Å². The van der Waals surface area contributed by atoms with Crippen LogP contribution in [0.1, 0.15) is 27.0 Å². The van der Waals surface area contributed by atoms with Crippen LogP contribution in [-0.4, -0.2) is 22.2 Å². The zero-order valence-corrected chi connectivity index (χ0v) is 21.0. The molecule has 0 saturated carbocycles. The lowest BCUT2D eigenvalue weighted by atomic mass is 10.1. The molecule has 0 aliphatic carbocycles. The van der Waals surface area contributed by atoms with Crippen LogP contribution in [0.4, 0.5) is 5.69 Å². The maximum Gasteiger partial charge on any atom is 0.335 e. The van der Waals surface area contributed by atoms with E-state index in [0.29, 0.717) is 31.0 Å². The summed E-state index contributed by atoms with van der Waals surface area (Å²) < 4.78 is 6.54. The van der Waals surface area contributed by atoms with Crippen molar-refractivity contribution in [3.05, 3.63) is 97.3 Å². The standard InChI is InChI=1S/C25H18BrClN2O4S/c1-14-19(27)6-3-7-20(14)28-25-29-23(30)22(34-25)12-15-8-9-21(18(26)11-15)33-13-16-4-2-5-17(10-16)24(31)32/h2-12H,13H2,1H3,(H,31,32)(H,28,29,30)/b22-12+. The summed E-state index contributed by atoms with van der Waals surface area (Å²) in [5.74, 6) is -0.603. The molecule has 0 spiro atoms. The monoisotopic (exact) mass is 556 g/mol. The highest BCUT2D eigenvalue weighted by Gasteiger charge is 2.24. The first-order chi connectivity index (χ1) is 16.3. The van der Waals surface area contributed by atoms with Crippen LogP contribution in [-0.2, 0) is 11.4 Å². The van der Waals surface area contributed by atoms with Crippen LogP contribution in [0.2, 0.25) is 5.02 Å². The SMILES string of the molecule is Cc1c(Cl)cccc1N=C1NC(=O)/C(=C\c2ccc(OCc3cccc(C(=O)O)c3)c(Br)c2)S1. The molecule has 0 aromatic heterocycles. The fourth-order valence-corrected chi connectivity index (χ4v) is 4.65. The number of nitrogens with one attached hydrogen (secondary N) is 1. The summed E-state index contributed by atoms with van der Waals surface area (Å²) in [4.78, 5) is 28.6. The molecule has 2 N–H and O–H groups in total. The summed E-state index contributed by atoms with van der Waals surface area (Å²) in [5.41, 5.74) is 3.32. The van der Waals surface area contributed by atoms with Crippen molar-refractivity contribution >= 4 is 68.1 Å². The average molecular weight is 558 g/mol. The number of aliphatic imine (C=N–C) groups is 1. The van der Waals surface area contributed by atoms with Crippen molar-refractivity contribution < 1.29 is 19.4 Å². The summed E-state index contributed by atoms with van der Waals surface area (Å²) in [5, 5.41) is 13.0. The van der Waals surface area contributed by atoms with E-state index < -0.39 is 5.97 Å². The Balaban J connectivity index is 1.46. The average Bonchev–Trinajstić information content (AvgIpc) is 3.15. The van der Waals surface area contributed by atoms with E-state index in [9.17, 15) is 9.59 Å². The fourth-order valence-electron chi connectivity index (χ4n) is 3.14. The number of carbonyl (C=O) groups is 2. The summed E-state index contributed by atoms with van der Waals surface area (Å²) in [6.45, 7) is 2.10. The molecule has 1 saturated heterocycles. The molecule has 1 heterocycles. The predicted octanol–water partition coefficient (Wildman–Crippen LogP) is 6.58. The third-order valence-corrected chi connectivity index (χ3v) is 6.87. The molecule has 3 aromatic rings. The number of carboxylic acids is 1. The molecule has 0 atom stereocenters. The van der Waals surface area contributed by atoms with Crippen molar-refractivity contribution in [1.29, 1.82) is 0 Å². The zero-order valence-electron chi connectivity index (χ0n) is 17.8. The van der Waals surface area contributed by atoms with E-state index >= 15 is 0 Å². The number of ether oxygens (including phenoxy) is 1. The number of halogens is 2. The van der Waals surface area contributed by atoms with Crippen LogP contribution in [0, 0.1) is 6.92 Å². The fraction of sp³-hybridized carbons (Fsp3) is 0.0800. The van der Waals surface area contributed by atoms with Crippen molar-refractivity contribution in [3.63, 3.8) is 0 Å². The van der Waals surface area contributed by atoms with Crippen LogP contribution in [0.3, 0.4) is 0 Å². The number of rotatable bonds is 6. The second kappa shape index (κ2) is 10.5. The van der Waals surface area contributed by atoms with Gasteiger partial charge in [0, 0.05) is 5.02 Å². The molecule has 6 nitrogen and oxygen atoms in total. The summed E-state index contributed by atoms with van der Waals surface area (Å²) in [6, 6.07) is 17.5. The Morgan fingerprint density at radius 3 is 2.76 bits per heavy atom. The number of amidine groups is 1. The maximum absolute atomic E-state index is 12.4. The predicted molar refractivity (Wildman–Crippen MR) is 139 cm³/mol. The van der Waals surface area contributed by atoms with Crippen molar-refractivity contribution in [2.75, 3.05) is 0 Å². The highest BCUT2D eigenvalue weighted by Crippen LogP contribution is 2.33. The van der Waals surface area contributed by atoms with E-state index in [1.54, 1.807) is 36.4 Å². The molecule has 1 aliphatic rings. The van der Waals surface area contributed by atoms with Gasteiger partial charge in [-0.15, -0.1) is 0 Å². The second-order valence-corrected chi connectivity index (χ2v) is 9.64. The van der Waals surface area contributed by atoms with Gasteiger partial charge in [-0.05, 0) is 93.8 Å². The molecule has 0 radical (unpaired) electrons. The van der Waals surface area contributed by atoms with Gasteiger partial charge in [0.25, 0.3) is 5.91 Å². The molecule has 3 aromatic carbocycles.